The Labute approximate surface area is 119 Å². The van der Waals surface area contributed by atoms with Gasteiger partial charge in [-0.1, -0.05) is 24.3 Å². The molecule has 6 nitrogen and oxygen atoms in total. The third kappa shape index (κ3) is 2.48. The van der Waals surface area contributed by atoms with Crippen LogP contribution < -0.4 is 5.63 Å². The van der Waals surface area contributed by atoms with Gasteiger partial charge in [0.15, 0.2) is 0 Å². The van der Waals surface area contributed by atoms with Crippen molar-refractivity contribution < 1.29 is 22.5 Å². The Kier molecular flexibility index (Phi) is 2.96. The number of aromatic hydroxyl groups is 1. The van der Waals surface area contributed by atoms with Gasteiger partial charge in [-0.05, 0) is 10.9 Å². The van der Waals surface area contributed by atoms with E-state index in [4.69, 9.17) is 8.97 Å². The molecule has 3 rings (SSSR count). The summed E-state index contributed by atoms with van der Waals surface area (Å²) in [6, 6.07) is 9.04. The maximum atomic E-state index is 11.5. The topological polar surface area (TPSA) is 105 Å². The zero-order valence-corrected chi connectivity index (χ0v) is 11.4. The van der Waals surface area contributed by atoms with Crippen molar-refractivity contribution in [2.45, 2.75) is 5.75 Å². The molecular weight excluding hydrogens is 296 g/mol. The molecule has 0 atom stereocenters. The van der Waals surface area contributed by atoms with Crippen molar-refractivity contribution in [1.82, 2.24) is 0 Å². The molecule has 108 valence electrons. The Morgan fingerprint density at radius 1 is 1.10 bits per heavy atom. The highest BCUT2D eigenvalue weighted by Crippen LogP contribution is 2.34. The molecule has 2 aromatic carbocycles. The lowest BCUT2D eigenvalue weighted by Gasteiger charge is -2.09. The lowest BCUT2D eigenvalue weighted by atomic mass is 10.0. The van der Waals surface area contributed by atoms with Gasteiger partial charge in [0.05, 0.1) is 0 Å². The van der Waals surface area contributed by atoms with Gasteiger partial charge >= 0.3 is 5.63 Å². The molecule has 1 aromatic heterocycles. The minimum absolute atomic E-state index is 0.0670. The predicted octanol–water partition coefficient (Wildman–Crippen LogP) is 2.04. The molecule has 1 heterocycles. The Balaban J connectivity index is 2.53. The number of benzene rings is 2. The van der Waals surface area contributed by atoms with E-state index >= 15 is 0 Å². The summed E-state index contributed by atoms with van der Waals surface area (Å²) < 4.78 is 36.3. The smallest absolute Gasteiger partial charge is 0.336 e. The molecule has 3 aromatic rings. The number of hydrogen-bond acceptors (Lipinski definition) is 5. The van der Waals surface area contributed by atoms with Crippen LogP contribution in [0.4, 0.5) is 0 Å². The van der Waals surface area contributed by atoms with Crippen molar-refractivity contribution in [2.24, 2.45) is 0 Å². The normalized spacial score (nSPS) is 12.0. The molecule has 2 N–H and O–H groups in total. The van der Waals surface area contributed by atoms with Crippen molar-refractivity contribution in [1.29, 1.82) is 0 Å². The summed E-state index contributed by atoms with van der Waals surface area (Å²) in [5.74, 6) is -0.783. The van der Waals surface area contributed by atoms with E-state index in [-0.39, 0.29) is 16.9 Å². The fraction of sp³-hybridized carbons (Fsp3) is 0.0714. The summed E-state index contributed by atoms with van der Waals surface area (Å²) in [5, 5.41) is 11.4. The fourth-order valence-corrected chi connectivity index (χ4v) is 3.03. The molecule has 0 aliphatic carbocycles. The second-order valence-electron chi connectivity index (χ2n) is 4.63. The maximum absolute atomic E-state index is 11.5. The third-order valence-electron chi connectivity index (χ3n) is 3.15. The second-order valence-corrected chi connectivity index (χ2v) is 6.08. The first-order chi connectivity index (χ1) is 9.85. The van der Waals surface area contributed by atoms with Crippen LogP contribution in [0.3, 0.4) is 0 Å². The number of rotatable bonds is 2. The molecule has 0 unspecified atom stereocenters. The largest absolute Gasteiger partial charge is 0.507 e. The second kappa shape index (κ2) is 4.57. The van der Waals surface area contributed by atoms with Gasteiger partial charge in [0, 0.05) is 22.9 Å². The zero-order chi connectivity index (χ0) is 15.2. The van der Waals surface area contributed by atoms with E-state index in [1.54, 1.807) is 24.3 Å². The molecular formula is C14H10O6S. The van der Waals surface area contributed by atoms with E-state index in [9.17, 15) is 18.3 Å². The third-order valence-corrected chi connectivity index (χ3v) is 3.82. The molecule has 21 heavy (non-hydrogen) atoms. The lowest BCUT2D eigenvalue weighted by molar-refractivity contribution is 0.479. The number of phenolic OH excluding ortho intramolecular Hbond substituents is 1. The maximum Gasteiger partial charge on any atom is 0.336 e. The van der Waals surface area contributed by atoms with Gasteiger partial charge in [-0.2, -0.15) is 8.42 Å². The van der Waals surface area contributed by atoms with Crippen LogP contribution in [0.2, 0.25) is 0 Å². The molecule has 0 radical (unpaired) electrons. The number of phenols is 1. The van der Waals surface area contributed by atoms with Crippen LogP contribution in [0.25, 0.3) is 21.7 Å². The molecule has 0 saturated carbocycles. The molecule has 0 fully saturated rings. The van der Waals surface area contributed by atoms with E-state index in [0.29, 0.717) is 16.2 Å². The summed E-state index contributed by atoms with van der Waals surface area (Å²) in [4.78, 5) is 11.5. The number of hydrogen-bond donors (Lipinski definition) is 2. The summed E-state index contributed by atoms with van der Waals surface area (Å²) >= 11 is 0. The van der Waals surface area contributed by atoms with Crippen molar-refractivity contribution in [3.05, 3.63) is 52.4 Å². The summed E-state index contributed by atoms with van der Waals surface area (Å²) in [6.45, 7) is 0. The molecule has 0 saturated heterocycles. The van der Waals surface area contributed by atoms with Gasteiger partial charge in [-0.3, -0.25) is 4.55 Å². The summed E-state index contributed by atoms with van der Waals surface area (Å²) in [6.07, 6.45) is 0. The van der Waals surface area contributed by atoms with Crippen LogP contribution >= 0.6 is 0 Å². The summed E-state index contributed by atoms with van der Waals surface area (Å²) in [5.41, 5.74) is -0.562. The van der Waals surface area contributed by atoms with Crippen molar-refractivity contribution in [3.8, 4) is 5.75 Å². The van der Waals surface area contributed by atoms with Crippen LogP contribution in [0.15, 0.2) is 45.6 Å². The molecule has 0 aliphatic rings. The summed E-state index contributed by atoms with van der Waals surface area (Å²) in [7, 11) is -4.31. The highest BCUT2D eigenvalue weighted by atomic mass is 32.2. The standard InChI is InChI=1S/C14H10O6S/c15-11-6-12-14(10-4-2-1-3-9(10)11)8(5-13(16)20-12)7-21(17,18)19/h1-6,15H,7H2,(H,17,18,19). The van der Waals surface area contributed by atoms with E-state index in [2.05, 4.69) is 0 Å². The van der Waals surface area contributed by atoms with Gasteiger partial charge in [-0.25, -0.2) is 4.79 Å². The minimum Gasteiger partial charge on any atom is -0.507 e. The highest BCUT2D eigenvalue weighted by Gasteiger charge is 2.16. The Morgan fingerprint density at radius 2 is 1.76 bits per heavy atom. The molecule has 7 heteroatoms. The molecule has 0 amide bonds. The quantitative estimate of drug-likeness (QED) is 0.426. The predicted molar refractivity (Wildman–Crippen MR) is 76.9 cm³/mol. The lowest BCUT2D eigenvalue weighted by Crippen LogP contribution is -2.07. The molecule has 0 aliphatic heterocycles. The van der Waals surface area contributed by atoms with Crippen LogP contribution in [0.5, 0.6) is 5.75 Å². The van der Waals surface area contributed by atoms with Crippen LogP contribution in [0.1, 0.15) is 5.56 Å². The average molecular weight is 306 g/mol. The number of fused-ring (bicyclic) bond motifs is 3. The van der Waals surface area contributed by atoms with Crippen LogP contribution in [-0.2, 0) is 15.9 Å². The van der Waals surface area contributed by atoms with Gasteiger partial charge in [0.2, 0.25) is 0 Å². The highest BCUT2D eigenvalue weighted by molar-refractivity contribution is 7.85. The van der Waals surface area contributed by atoms with E-state index in [0.717, 1.165) is 6.07 Å². The monoisotopic (exact) mass is 306 g/mol. The van der Waals surface area contributed by atoms with E-state index in [1.165, 1.54) is 6.07 Å². The van der Waals surface area contributed by atoms with Gasteiger partial charge in [0.25, 0.3) is 10.1 Å². The van der Waals surface area contributed by atoms with Crippen LogP contribution in [-0.4, -0.2) is 18.1 Å². The minimum atomic E-state index is -4.31. The van der Waals surface area contributed by atoms with Crippen molar-refractivity contribution in [2.75, 3.05) is 0 Å². The Hall–Kier alpha value is -2.38. The van der Waals surface area contributed by atoms with Crippen molar-refractivity contribution >= 4 is 31.9 Å². The Morgan fingerprint density at radius 3 is 2.43 bits per heavy atom. The molecule has 0 bridgehead atoms. The fourth-order valence-electron chi connectivity index (χ4n) is 2.41. The zero-order valence-electron chi connectivity index (χ0n) is 10.6. The SMILES string of the molecule is O=c1cc(CS(=O)(=O)O)c2c(cc(O)c3ccccc32)o1. The Bertz CT molecular complexity index is 1020. The van der Waals surface area contributed by atoms with Gasteiger partial charge in [-0.15, -0.1) is 0 Å². The van der Waals surface area contributed by atoms with Gasteiger partial charge in [0.1, 0.15) is 17.1 Å². The average Bonchev–Trinajstić information content (AvgIpc) is 2.36. The van der Waals surface area contributed by atoms with Crippen molar-refractivity contribution in [3.63, 3.8) is 0 Å². The molecule has 0 spiro atoms. The van der Waals surface area contributed by atoms with Gasteiger partial charge < -0.3 is 9.52 Å². The van der Waals surface area contributed by atoms with Crippen LogP contribution in [0, 0.1) is 0 Å². The van der Waals surface area contributed by atoms with E-state index in [1.807, 2.05) is 0 Å². The first-order valence-corrected chi connectivity index (χ1v) is 7.59. The van der Waals surface area contributed by atoms with E-state index < -0.39 is 21.5 Å². The first-order valence-electron chi connectivity index (χ1n) is 5.98. The first kappa shape index (κ1) is 13.6.